The summed E-state index contributed by atoms with van der Waals surface area (Å²) in [7, 11) is 1.36. The van der Waals surface area contributed by atoms with Gasteiger partial charge in [-0.3, -0.25) is 4.79 Å². The molecule has 5 heteroatoms. The van der Waals surface area contributed by atoms with Crippen LogP contribution in [-0.4, -0.2) is 43.6 Å². The first-order valence-corrected chi connectivity index (χ1v) is 5.79. The Bertz CT molecular complexity index is 256. The molecule has 1 unspecified atom stereocenters. The number of carbonyl (C=O) groups is 2. The van der Waals surface area contributed by atoms with Gasteiger partial charge >= 0.3 is 6.09 Å². The van der Waals surface area contributed by atoms with Crippen molar-refractivity contribution in [2.24, 2.45) is 5.92 Å². The van der Waals surface area contributed by atoms with Crippen LogP contribution in [0.25, 0.3) is 0 Å². The van der Waals surface area contributed by atoms with Crippen LogP contribution < -0.4 is 5.32 Å². The van der Waals surface area contributed by atoms with Gasteiger partial charge in [-0.1, -0.05) is 6.92 Å². The van der Waals surface area contributed by atoms with Crippen molar-refractivity contribution in [1.82, 2.24) is 10.2 Å². The molecule has 1 fully saturated rings. The van der Waals surface area contributed by atoms with Crippen LogP contribution in [-0.2, 0) is 9.53 Å². The molecule has 0 aromatic rings. The fourth-order valence-electron chi connectivity index (χ4n) is 1.88. The van der Waals surface area contributed by atoms with Crippen molar-refractivity contribution in [2.45, 2.75) is 26.2 Å². The molecule has 0 aliphatic carbocycles. The van der Waals surface area contributed by atoms with E-state index in [4.69, 9.17) is 0 Å². The second kappa shape index (κ2) is 6.35. The van der Waals surface area contributed by atoms with Crippen molar-refractivity contribution in [1.29, 1.82) is 0 Å². The lowest BCUT2D eigenvalue weighted by Gasteiger charge is -2.30. The zero-order valence-electron chi connectivity index (χ0n) is 9.99. The van der Waals surface area contributed by atoms with Crippen molar-refractivity contribution >= 4 is 12.0 Å². The number of nitrogens with one attached hydrogen (secondary N) is 1. The fourth-order valence-corrected chi connectivity index (χ4v) is 1.88. The number of likely N-dealkylation sites (tertiary alicyclic amines) is 1. The Labute approximate surface area is 96.1 Å². The van der Waals surface area contributed by atoms with Crippen LogP contribution >= 0.6 is 0 Å². The first-order chi connectivity index (χ1) is 7.69. The van der Waals surface area contributed by atoms with E-state index in [1.165, 1.54) is 7.11 Å². The van der Waals surface area contributed by atoms with Crippen molar-refractivity contribution in [3.05, 3.63) is 0 Å². The zero-order chi connectivity index (χ0) is 12.0. The van der Waals surface area contributed by atoms with Gasteiger partial charge in [0.1, 0.15) is 0 Å². The average Bonchev–Trinajstić information content (AvgIpc) is 2.35. The van der Waals surface area contributed by atoms with E-state index in [1.807, 2.05) is 6.92 Å². The lowest BCUT2D eigenvalue weighted by Crippen LogP contribution is -2.45. The van der Waals surface area contributed by atoms with E-state index in [0.29, 0.717) is 19.6 Å². The number of methoxy groups -OCH3 is 1. The maximum absolute atomic E-state index is 11.7. The zero-order valence-corrected chi connectivity index (χ0v) is 9.99. The molecule has 1 saturated heterocycles. The summed E-state index contributed by atoms with van der Waals surface area (Å²) in [4.78, 5) is 24.6. The molecule has 0 spiro atoms. The molecule has 2 amide bonds. The van der Waals surface area contributed by atoms with Crippen LogP contribution in [0, 0.1) is 5.92 Å². The van der Waals surface area contributed by atoms with Gasteiger partial charge in [0.05, 0.1) is 13.0 Å². The van der Waals surface area contributed by atoms with Crippen LogP contribution in [0.5, 0.6) is 0 Å². The van der Waals surface area contributed by atoms with Crippen molar-refractivity contribution in [3.63, 3.8) is 0 Å². The van der Waals surface area contributed by atoms with Gasteiger partial charge in [-0.2, -0.15) is 0 Å². The van der Waals surface area contributed by atoms with E-state index >= 15 is 0 Å². The van der Waals surface area contributed by atoms with Gasteiger partial charge < -0.3 is 15.0 Å². The monoisotopic (exact) mass is 228 g/mol. The molecule has 1 rings (SSSR count). The molecule has 1 atom stereocenters. The highest BCUT2D eigenvalue weighted by molar-refractivity contribution is 5.79. The third kappa shape index (κ3) is 3.40. The molecule has 92 valence electrons. The van der Waals surface area contributed by atoms with E-state index in [1.54, 1.807) is 4.90 Å². The number of hydrogen-bond donors (Lipinski definition) is 1. The van der Waals surface area contributed by atoms with Gasteiger partial charge in [0.15, 0.2) is 0 Å². The molecule has 1 N–H and O–H groups in total. The summed E-state index contributed by atoms with van der Waals surface area (Å²) in [5, 5.41) is 2.86. The molecular weight excluding hydrogens is 208 g/mol. The predicted octanol–water partition coefficient (Wildman–Crippen LogP) is 0.991. The number of hydrogen-bond acceptors (Lipinski definition) is 3. The maximum Gasteiger partial charge on any atom is 0.409 e. The number of ether oxygens (including phenoxy) is 1. The topological polar surface area (TPSA) is 58.6 Å². The molecule has 1 aliphatic heterocycles. The predicted molar refractivity (Wildman–Crippen MR) is 60.0 cm³/mol. The molecule has 0 radical (unpaired) electrons. The Morgan fingerprint density at radius 2 is 2.25 bits per heavy atom. The van der Waals surface area contributed by atoms with Gasteiger partial charge in [-0.05, 0) is 19.3 Å². The third-order valence-corrected chi connectivity index (χ3v) is 2.77. The third-order valence-electron chi connectivity index (χ3n) is 2.77. The van der Waals surface area contributed by atoms with Gasteiger partial charge in [-0.25, -0.2) is 4.79 Å². The first-order valence-electron chi connectivity index (χ1n) is 5.79. The quantitative estimate of drug-likeness (QED) is 0.783. The smallest absolute Gasteiger partial charge is 0.409 e. The second-order valence-corrected chi connectivity index (χ2v) is 4.05. The van der Waals surface area contributed by atoms with Crippen molar-refractivity contribution < 1.29 is 14.3 Å². The summed E-state index contributed by atoms with van der Waals surface area (Å²) in [6.45, 7) is 3.88. The molecule has 0 bridgehead atoms. The highest BCUT2D eigenvalue weighted by Crippen LogP contribution is 2.17. The summed E-state index contributed by atoms with van der Waals surface area (Å²) in [5.74, 6) is -0.0325. The molecule has 5 nitrogen and oxygen atoms in total. The SMILES string of the molecule is CCCNC(=O)C1CCCN(C(=O)OC)C1. The molecule has 1 heterocycles. The maximum atomic E-state index is 11.7. The average molecular weight is 228 g/mol. The summed E-state index contributed by atoms with van der Waals surface area (Å²) < 4.78 is 4.65. The summed E-state index contributed by atoms with van der Waals surface area (Å²) in [6.07, 6.45) is 2.30. The van der Waals surface area contributed by atoms with E-state index in [0.717, 1.165) is 19.3 Å². The molecule has 0 saturated carbocycles. The Balaban J connectivity index is 2.43. The standard InChI is InChI=1S/C11H20N2O3/c1-3-6-12-10(14)9-5-4-7-13(8-9)11(15)16-2/h9H,3-8H2,1-2H3,(H,12,14). The summed E-state index contributed by atoms with van der Waals surface area (Å²) in [5.41, 5.74) is 0. The lowest BCUT2D eigenvalue weighted by molar-refractivity contribution is -0.126. The number of nitrogens with zero attached hydrogens (tertiary/aromatic N) is 1. The van der Waals surface area contributed by atoms with E-state index in [9.17, 15) is 9.59 Å². The van der Waals surface area contributed by atoms with Crippen LogP contribution in [0.3, 0.4) is 0 Å². The largest absolute Gasteiger partial charge is 0.453 e. The van der Waals surface area contributed by atoms with E-state index in [-0.39, 0.29) is 17.9 Å². The Morgan fingerprint density at radius 1 is 1.50 bits per heavy atom. The van der Waals surface area contributed by atoms with Crippen LogP contribution in [0.4, 0.5) is 4.79 Å². The Morgan fingerprint density at radius 3 is 2.88 bits per heavy atom. The normalized spacial score (nSPS) is 20.4. The summed E-state index contributed by atoms with van der Waals surface area (Å²) in [6, 6.07) is 0. The highest BCUT2D eigenvalue weighted by atomic mass is 16.5. The van der Waals surface area contributed by atoms with Gasteiger partial charge in [0, 0.05) is 19.6 Å². The van der Waals surface area contributed by atoms with Crippen LogP contribution in [0.15, 0.2) is 0 Å². The molecule has 16 heavy (non-hydrogen) atoms. The van der Waals surface area contributed by atoms with Crippen molar-refractivity contribution in [3.8, 4) is 0 Å². The number of piperidine rings is 1. The molecule has 1 aliphatic rings. The molecular formula is C11H20N2O3. The Hall–Kier alpha value is -1.26. The number of amides is 2. The first kappa shape index (κ1) is 12.8. The van der Waals surface area contributed by atoms with Gasteiger partial charge in [-0.15, -0.1) is 0 Å². The molecule has 0 aromatic heterocycles. The lowest BCUT2D eigenvalue weighted by atomic mass is 9.97. The minimum absolute atomic E-state index is 0.0513. The molecule has 0 aromatic carbocycles. The Kier molecular flexibility index (Phi) is 5.08. The number of rotatable bonds is 3. The number of carbonyl (C=O) groups excluding carboxylic acids is 2. The minimum Gasteiger partial charge on any atom is -0.453 e. The second-order valence-electron chi connectivity index (χ2n) is 4.05. The van der Waals surface area contributed by atoms with Gasteiger partial charge in [0.25, 0.3) is 0 Å². The minimum atomic E-state index is -0.340. The fraction of sp³-hybridized carbons (Fsp3) is 0.818. The van der Waals surface area contributed by atoms with Gasteiger partial charge in [0.2, 0.25) is 5.91 Å². The highest BCUT2D eigenvalue weighted by Gasteiger charge is 2.28. The van der Waals surface area contributed by atoms with Crippen LogP contribution in [0.2, 0.25) is 0 Å². The summed E-state index contributed by atoms with van der Waals surface area (Å²) >= 11 is 0. The van der Waals surface area contributed by atoms with Crippen molar-refractivity contribution in [2.75, 3.05) is 26.7 Å². The van der Waals surface area contributed by atoms with Crippen LogP contribution in [0.1, 0.15) is 26.2 Å². The van der Waals surface area contributed by atoms with E-state index < -0.39 is 0 Å². The van der Waals surface area contributed by atoms with E-state index in [2.05, 4.69) is 10.1 Å².